The summed E-state index contributed by atoms with van der Waals surface area (Å²) in [5.41, 5.74) is -2.30. The molecule has 0 atom stereocenters. The molecule has 5 nitrogen and oxygen atoms in total. The lowest BCUT2D eigenvalue weighted by Gasteiger charge is -2.08. The number of nitrogens with zero attached hydrogens (tertiary/aromatic N) is 4. The molecule has 2 rings (SSSR count). The van der Waals surface area contributed by atoms with Crippen molar-refractivity contribution in [1.29, 1.82) is 0 Å². The normalized spacial score (nSPS) is 13.0. The molecule has 2 aromatic heterocycles. The Balaban J connectivity index is 2.33. The van der Waals surface area contributed by atoms with Crippen LogP contribution in [0.4, 0.5) is 26.3 Å². The summed E-state index contributed by atoms with van der Waals surface area (Å²) in [7, 11) is 0. The maximum Gasteiger partial charge on any atom is 0.437 e. The van der Waals surface area contributed by atoms with Crippen LogP contribution in [0.3, 0.4) is 0 Å². The molecular weight excluding hydrogens is 377 g/mol. The van der Waals surface area contributed by atoms with Crippen molar-refractivity contribution in [2.75, 3.05) is 13.2 Å². The molecule has 0 saturated heterocycles. The second-order valence-electron chi connectivity index (χ2n) is 4.22. The molecule has 0 fully saturated rings. The van der Waals surface area contributed by atoms with Gasteiger partial charge in [0, 0.05) is 0 Å². The van der Waals surface area contributed by atoms with E-state index in [-0.39, 0.29) is 5.52 Å². The Kier molecular flexibility index (Phi) is 4.92. The van der Waals surface area contributed by atoms with Crippen molar-refractivity contribution in [3.63, 3.8) is 0 Å². The van der Waals surface area contributed by atoms with Crippen LogP contribution >= 0.6 is 23.2 Å². The molecule has 0 unspecified atom stereocenters. The molecule has 0 radical (unpaired) electrons. The lowest BCUT2D eigenvalue weighted by atomic mass is 10.3. The Bertz CT molecular complexity index is 714. The summed E-state index contributed by atoms with van der Waals surface area (Å²) in [6.45, 7) is -2.48. The van der Waals surface area contributed by atoms with Gasteiger partial charge >= 0.3 is 12.4 Å². The van der Waals surface area contributed by atoms with Crippen molar-refractivity contribution < 1.29 is 31.1 Å². The van der Waals surface area contributed by atoms with Crippen LogP contribution in [0.5, 0.6) is 0 Å². The van der Waals surface area contributed by atoms with Crippen LogP contribution in [-0.4, -0.2) is 39.1 Å². The van der Waals surface area contributed by atoms with Gasteiger partial charge in [-0.25, -0.2) is 9.97 Å². The Labute approximate surface area is 134 Å². The Morgan fingerprint density at radius 2 is 1.70 bits per heavy atom. The molecule has 0 bridgehead atoms. The minimum Gasteiger partial charge on any atom is -0.370 e. The molecule has 0 spiro atoms. The lowest BCUT2D eigenvalue weighted by Crippen LogP contribution is -2.19. The van der Waals surface area contributed by atoms with E-state index in [2.05, 4.69) is 19.8 Å². The molecule has 128 valence electrons. The van der Waals surface area contributed by atoms with E-state index in [4.69, 9.17) is 23.2 Å². The van der Waals surface area contributed by atoms with E-state index in [1.807, 2.05) is 0 Å². The first-order chi connectivity index (χ1) is 10.5. The second kappa shape index (κ2) is 6.29. The topological polar surface area (TPSA) is 52.8 Å². The molecule has 0 aliphatic carbocycles. The monoisotopic (exact) mass is 382 g/mol. The van der Waals surface area contributed by atoms with Gasteiger partial charge in [0.2, 0.25) is 5.28 Å². The first-order valence-electron chi connectivity index (χ1n) is 5.80. The summed E-state index contributed by atoms with van der Waals surface area (Å²) in [6, 6.07) is 0. The molecule has 2 heterocycles. The number of hydrogen-bond acceptors (Lipinski definition) is 4. The van der Waals surface area contributed by atoms with E-state index in [0.717, 1.165) is 4.68 Å². The van der Waals surface area contributed by atoms with Gasteiger partial charge < -0.3 is 4.74 Å². The van der Waals surface area contributed by atoms with Crippen molar-refractivity contribution in [1.82, 2.24) is 19.7 Å². The SMILES string of the molecule is FC(F)(F)COCCn1nc(C(F)(F)F)c2nc(Cl)nc(Cl)c21. The van der Waals surface area contributed by atoms with Gasteiger partial charge in [-0.2, -0.15) is 31.4 Å². The maximum atomic E-state index is 12.9. The van der Waals surface area contributed by atoms with Crippen LogP contribution in [0.1, 0.15) is 5.69 Å². The highest BCUT2D eigenvalue weighted by atomic mass is 35.5. The average molecular weight is 383 g/mol. The van der Waals surface area contributed by atoms with Gasteiger partial charge in [0.25, 0.3) is 0 Å². The van der Waals surface area contributed by atoms with Crippen molar-refractivity contribution in [3.8, 4) is 0 Å². The fourth-order valence-corrected chi connectivity index (χ4v) is 2.18. The summed E-state index contributed by atoms with van der Waals surface area (Å²) in [5, 5.41) is 2.36. The minimum absolute atomic E-state index is 0.293. The van der Waals surface area contributed by atoms with Crippen LogP contribution in [0.2, 0.25) is 10.4 Å². The molecule has 23 heavy (non-hydrogen) atoms. The first-order valence-corrected chi connectivity index (χ1v) is 6.56. The van der Waals surface area contributed by atoms with Crippen LogP contribution in [-0.2, 0) is 17.5 Å². The highest BCUT2D eigenvalue weighted by Crippen LogP contribution is 2.35. The summed E-state index contributed by atoms with van der Waals surface area (Å²) < 4.78 is 79.7. The number of ether oxygens (including phenoxy) is 1. The van der Waals surface area contributed by atoms with Crippen LogP contribution in [0.25, 0.3) is 11.0 Å². The Morgan fingerprint density at radius 1 is 1.04 bits per heavy atom. The Morgan fingerprint density at radius 3 is 2.26 bits per heavy atom. The van der Waals surface area contributed by atoms with E-state index < -0.39 is 53.8 Å². The van der Waals surface area contributed by atoms with Crippen LogP contribution in [0, 0.1) is 0 Å². The van der Waals surface area contributed by atoms with Crippen LogP contribution < -0.4 is 0 Å². The fourth-order valence-electron chi connectivity index (χ4n) is 1.71. The summed E-state index contributed by atoms with van der Waals surface area (Å²) in [5.74, 6) is 0. The van der Waals surface area contributed by atoms with E-state index in [9.17, 15) is 26.3 Å². The molecule has 0 N–H and O–H groups in total. The molecule has 2 aromatic rings. The number of fused-ring (bicyclic) bond motifs is 1. The number of rotatable bonds is 4. The van der Waals surface area contributed by atoms with Gasteiger partial charge in [0.1, 0.15) is 17.6 Å². The molecule has 0 aromatic carbocycles. The molecule has 0 amide bonds. The lowest BCUT2D eigenvalue weighted by molar-refractivity contribution is -0.174. The first kappa shape index (κ1) is 18.0. The summed E-state index contributed by atoms with van der Waals surface area (Å²) in [4.78, 5) is 6.93. The largest absolute Gasteiger partial charge is 0.437 e. The van der Waals surface area contributed by atoms with E-state index in [0.29, 0.717) is 0 Å². The molecule has 0 saturated carbocycles. The highest BCUT2D eigenvalue weighted by molar-refractivity contribution is 6.35. The van der Waals surface area contributed by atoms with Gasteiger partial charge in [-0.05, 0) is 11.6 Å². The Hall–Kier alpha value is -1.33. The number of aromatic nitrogens is 4. The van der Waals surface area contributed by atoms with E-state index in [1.54, 1.807) is 0 Å². The highest BCUT2D eigenvalue weighted by Gasteiger charge is 2.38. The zero-order valence-electron chi connectivity index (χ0n) is 10.8. The molecular formula is C10H6Cl2F6N4O. The molecule has 0 aliphatic rings. The predicted octanol–water partition coefficient (Wildman–Crippen LogP) is 3.73. The summed E-state index contributed by atoms with van der Waals surface area (Å²) >= 11 is 11.2. The van der Waals surface area contributed by atoms with Crippen molar-refractivity contribution >= 4 is 34.2 Å². The third kappa shape index (κ3) is 4.36. The van der Waals surface area contributed by atoms with Gasteiger partial charge in [0.05, 0.1) is 13.2 Å². The quantitative estimate of drug-likeness (QED) is 0.350. The minimum atomic E-state index is -4.85. The number of alkyl halides is 6. The van der Waals surface area contributed by atoms with Gasteiger partial charge in [-0.1, -0.05) is 11.6 Å². The third-order valence-electron chi connectivity index (χ3n) is 2.50. The zero-order valence-corrected chi connectivity index (χ0v) is 12.4. The second-order valence-corrected chi connectivity index (χ2v) is 4.91. The fraction of sp³-hybridized carbons (Fsp3) is 0.500. The van der Waals surface area contributed by atoms with E-state index in [1.165, 1.54) is 0 Å². The molecule has 0 aliphatic heterocycles. The van der Waals surface area contributed by atoms with Gasteiger partial charge in [-0.15, -0.1) is 0 Å². The third-order valence-corrected chi connectivity index (χ3v) is 2.93. The maximum absolute atomic E-state index is 12.9. The number of halogens is 8. The van der Waals surface area contributed by atoms with Crippen LogP contribution in [0.15, 0.2) is 0 Å². The van der Waals surface area contributed by atoms with Gasteiger partial charge in [0.15, 0.2) is 10.8 Å². The zero-order chi connectivity index (χ0) is 17.4. The van der Waals surface area contributed by atoms with Crippen molar-refractivity contribution in [3.05, 3.63) is 16.1 Å². The predicted molar refractivity (Wildman–Crippen MR) is 67.2 cm³/mol. The van der Waals surface area contributed by atoms with Crippen molar-refractivity contribution in [2.45, 2.75) is 18.9 Å². The standard InChI is InChI=1S/C10H6Cl2F6N4O/c11-7-5-4(19-8(12)20-7)6(10(16,17)18)21-22(5)1-2-23-3-9(13,14)15/h1-3H2. The van der Waals surface area contributed by atoms with E-state index >= 15 is 0 Å². The number of hydrogen-bond donors (Lipinski definition) is 0. The average Bonchev–Trinajstić information content (AvgIpc) is 2.72. The van der Waals surface area contributed by atoms with Crippen molar-refractivity contribution in [2.24, 2.45) is 0 Å². The van der Waals surface area contributed by atoms with Gasteiger partial charge in [-0.3, -0.25) is 4.68 Å². The molecule has 13 heteroatoms. The smallest absolute Gasteiger partial charge is 0.370 e. The summed E-state index contributed by atoms with van der Waals surface area (Å²) in [6.07, 6.45) is -9.39.